The summed E-state index contributed by atoms with van der Waals surface area (Å²) < 4.78 is 18.7. The molecule has 328 valence electrons. The summed E-state index contributed by atoms with van der Waals surface area (Å²) in [5, 5.41) is 1.92. The van der Waals surface area contributed by atoms with E-state index in [1.54, 1.807) is 20.1 Å². The Labute approximate surface area is 363 Å². The molecule has 5 aliphatic rings. The highest BCUT2D eigenvalue weighted by atomic mass is 16.5. The predicted octanol–water partition coefficient (Wildman–Crippen LogP) is 11.3. The minimum atomic E-state index is -0.775. The molecule has 8 nitrogen and oxygen atoms in total. The molecule has 2 aromatic carbocycles. The average Bonchev–Trinajstić information content (AvgIpc) is 3.85. The first kappa shape index (κ1) is 44.7. The van der Waals surface area contributed by atoms with Gasteiger partial charge >= 0.3 is 5.97 Å². The summed E-state index contributed by atoms with van der Waals surface area (Å²) in [6.07, 6.45) is 17.9. The van der Waals surface area contributed by atoms with Crippen LogP contribution in [0.15, 0.2) is 54.6 Å². The van der Waals surface area contributed by atoms with E-state index in [2.05, 4.69) is 37.8 Å². The van der Waals surface area contributed by atoms with Gasteiger partial charge in [0.1, 0.15) is 46.8 Å². The maximum Gasteiger partial charge on any atom is 0.306 e. The SMILES string of the molecule is C=CC1CC1(CC(=O)C1CC(Oc2cc(C3=CCC(CC(=O)CC4CCCC4)=C3)cc3c(CC)c(OC)ccc23)CC1C(=O)C(CC(=O)OC1CCCC1)C(C)(C)C)C(C)=O. The van der Waals surface area contributed by atoms with Crippen LogP contribution in [0.3, 0.4) is 0 Å². The largest absolute Gasteiger partial charge is 0.496 e. The van der Waals surface area contributed by atoms with Gasteiger partial charge in [0.05, 0.1) is 13.5 Å². The topological polar surface area (TPSA) is 113 Å². The lowest BCUT2D eigenvalue weighted by atomic mass is 9.70. The molecule has 0 saturated heterocycles. The minimum absolute atomic E-state index is 0.0244. The molecule has 0 amide bonds. The molecule has 5 aliphatic carbocycles. The number of esters is 1. The Morgan fingerprint density at radius 2 is 1.62 bits per heavy atom. The second kappa shape index (κ2) is 18.6. The van der Waals surface area contributed by atoms with Crippen LogP contribution in [0.5, 0.6) is 11.5 Å². The van der Waals surface area contributed by atoms with Gasteiger partial charge in [0.2, 0.25) is 0 Å². The summed E-state index contributed by atoms with van der Waals surface area (Å²) in [6.45, 7) is 13.5. The number of methoxy groups -OCH3 is 1. The first-order valence-corrected chi connectivity index (χ1v) is 23.3. The lowest BCUT2D eigenvalue weighted by Gasteiger charge is -2.32. The Hall–Kier alpha value is -4.33. The maximum atomic E-state index is 15.0. The van der Waals surface area contributed by atoms with E-state index in [-0.39, 0.29) is 48.2 Å². The van der Waals surface area contributed by atoms with Crippen LogP contribution in [0.25, 0.3) is 16.3 Å². The molecule has 0 aromatic heterocycles. The van der Waals surface area contributed by atoms with Crippen molar-refractivity contribution in [1.82, 2.24) is 0 Å². The lowest BCUT2D eigenvalue weighted by Crippen LogP contribution is -2.39. The molecule has 2 aromatic rings. The second-order valence-corrected chi connectivity index (χ2v) is 20.2. The molecule has 7 rings (SSSR count). The van der Waals surface area contributed by atoms with Crippen molar-refractivity contribution in [3.8, 4) is 11.5 Å². The summed E-state index contributed by atoms with van der Waals surface area (Å²) in [5.74, 6) is -0.370. The molecule has 4 fully saturated rings. The van der Waals surface area contributed by atoms with Crippen LogP contribution in [-0.2, 0) is 35.1 Å². The highest BCUT2D eigenvalue weighted by Gasteiger charge is 2.59. The van der Waals surface area contributed by atoms with Gasteiger partial charge in [-0.15, -0.1) is 6.58 Å². The summed E-state index contributed by atoms with van der Waals surface area (Å²) in [6, 6.07) is 8.24. The number of carbonyl (C=O) groups is 5. The third-order valence-corrected chi connectivity index (χ3v) is 15.0. The Morgan fingerprint density at radius 1 is 0.918 bits per heavy atom. The summed E-state index contributed by atoms with van der Waals surface area (Å²) in [4.78, 5) is 69.0. The first-order valence-electron chi connectivity index (χ1n) is 23.3. The van der Waals surface area contributed by atoms with E-state index in [1.807, 2.05) is 32.9 Å². The van der Waals surface area contributed by atoms with Gasteiger partial charge in [-0.1, -0.05) is 77.2 Å². The summed E-state index contributed by atoms with van der Waals surface area (Å²) in [5.41, 5.74) is 2.86. The summed E-state index contributed by atoms with van der Waals surface area (Å²) >= 11 is 0. The van der Waals surface area contributed by atoms with E-state index in [1.165, 1.54) is 12.8 Å². The molecule has 8 heteroatoms. The number of Topliss-reactive ketones (excluding diaryl/α,β-unsaturated/α-hetero) is 4. The van der Waals surface area contributed by atoms with Gasteiger partial charge in [-0.2, -0.15) is 0 Å². The maximum absolute atomic E-state index is 15.0. The van der Waals surface area contributed by atoms with Gasteiger partial charge in [0, 0.05) is 53.4 Å². The predicted molar refractivity (Wildman–Crippen MR) is 239 cm³/mol. The zero-order valence-electron chi connectivity index (χ0n) is 37.6. The van der Waals surface area contributed by atoms with Crippen LogP contribution in [0.4, 0.5) is 0 Å². The molecule has 0 N–H and O–H groups in total. The van der Waals surface area contributed by atoms with E-state index in [9.17, 15) is 24.0 Å². The van der Waals surface area contributed by atoms with Crippen LogP contribution < -0.4 is 9.47 Å². The van der Waals surface area contributed by atoms with Gasteiger partial charge < -0.3 is 14.2 Å². The number of ketones is 4. The van der Waals surface area contributed by atoms with Gasteiger partial charge in [-0.05, 0) is 123 Å². The Morgan fingerprint density at radius 3 is 2.26 bits per heavy atom. The highest BCUT2D eigenvalue weighted by Crippen LogP contribution is 2.58. The number of fused-ring (bicyclic) bond motifs is 1. The third-order valence-electron chi connectivity index (χ3n) is 15.0. The third kappa shape index (κ3) is 9.84. The molecular formula is C53H68O8. The number of benzene rings is 2. The van der Waals surface area contributed by atoms with E-state index in [0.29, 0.717) is 49.6 Å². The smallest absolute Gasteiger partial charge is 0.306 e. The molecule has 0 heterocycles. The van der Waals surface area contributed by atoms with Crippen LogP contribution in [0.2, 0.25) is 0 Å². The second-order valence-electron chi connectivity index (χ2n) is 20.2. The Balaban J connectivity index is 1.19. The van der Waals surface area contributed by atoms with Crippen molar-refractivity contribution in [3.05, 3.63) is 65.8 Å². The zero-order chi connectivity index (χ0) is 43.6. The quantitative estimate of drug-likeness (QED) is 0.102. The average molecular weight is 833 g/mol. The molecule has 4 saturated carbocycles. The van der Waals surface area contributed by atoms with Gasteiger partial charge in [0.25, 0.3) is 0 Å². The standard InChI is InChI=1S/C53H68O8/c1-8-37-30-53(37,32(3)54)31-47(56)44-27-40(28-45(44)51(58)46(52(4,5)6)29-50(57)61-39-16-12-13-17-39)60-49-26-36(25-43-41(9-2)48(59-7)21-20-42(43)49)35-19-18-34(22-35)24-38(55)23-33-14-10-11-15-33/h8,19-22,25-26,33,37,39-40,44-46H,1,9-18,23-24,27-31H2,2-7H3. The van der Waals surface area contributed by atoms with Gasteiger partial charge in [-0.3, -0.25) is 24.0 Å². The van der Waals surface area contributed by atoms with Gasteiger partial charge in [-0.25, -0.2) is 0 Å². The number of hydrogen-bond donors (Lipinski definition) is 0. The van der Waals surface area contributed by atoms with Crippen LogP contribution in [-0.4, -0.2) is 48.4 Å². The molecule has 6 unspecified atom stereocenters. The van der Waals surface area contributed by atoms with E-state index < -0.39 is 34.7 Å². The fraction of sp³-hybridized carbons (Fsp3) is 0.604. The van der Waals surface area contributed by atoms with Gasteiger partial charge in [0.15, 0.2) is 0 Å². The molecule has 6 atom stereocenters. The van der Waals surface area contributed by atoms with Crippen LogP contribution >= 0.6 is 0 Å². The fourth-order valence-corrected chi connectivity index (χ4v) is 11.3. The first-order chi connectivity index (χ1) is 29.1. The number of aryl methyl sites for hydroxylation is 1. The molecule has 0 radical (unpaired) electrons. The number of ether oxygens (including phenoxy) is 3. The fourth-order valence-electron chi connectivity index (χ4n) is 11.3. The molecule has 0 bridgehead atoms. The highest BCUT2D eigenvalue weighted by molar-refractivity contribution is 5.99. The van der Waals surface area contributed by atoms with Crippen molar-refractivity contribution in [2.75, 3.05) is 7.11 Å². The molecule has 0 spiro atoms. The minimum Gasteiger partial charge on any atom is -0.496 e. The molecule has 0 aliphatic heterocycles. The van der Waals surface area contributed by atoms with Crippen molar-refractivity contribution in [2.24, 2.45) is 40.4 Å². The van der Waals surface area contributed by atoms with Crippen LogP contribution in [0, 0.1) is 40.4 Å². The number of carbonyl (C=O) groups excluding carboxylic acids is 5. The molecule has 61 heavy (non-hydrogen) atoms. The number of allylic oxidation sites excluding steroid dienone is 5. The zero-order valence-corrected chi connectivity index (χ0v) is 37.6. The Bertz CT molecular complexity index is 2100. The number of hydrogen-bond acceptors (Lipinski definition) is 8. The Kier molecular flexibility index (Phi) is 13.6. The van der Waals surface area contributed by atoms with Crippen molar-refractivity contribution in [2.45, 2.75) is 156 Å². The summed E-state index contributed by atoms with van der Waals surface area (Å²) in [7, 11) is 1.68. The van der Waals surface area contributed by atoms with Crippen molar-refractivity contribution in [1.29, 1.82) is 0 Å². The van der Waals surface area contributed by atoms with Crippen molar-refractivity contribution >= 4 is 45.4 Å². The van der Waals surface area contributed by atoms with Crippen LogP contribution in [0.1, 0.15) is 148 Å². The van der Waals surface area contributed by atoms with E-state index in [4.69, 9.17) is 14.2 Å². The van der Waals surface area contributed by atoms with Crippen molar-refractivity contribution < 1.29 is 38.2 Å². The van der Waals surface area contributed by atoms with E-state index >= 15 is 0 Å². The monoisotopic (exact) mass is 832 g/mol. The van der Waals surface area contributed by atoms with E-state index in [0.717, 1.165) is 90.2 Å². The molecular weight excluding hydrogens is 765 g/mol. The number of rotatable bonds is 19. The van der Waals surface area contributed by atoms with Crippen molar-refractivity contribution in [3.63, 3.8) is 0 Å². The lowest BCUT2D eigenvalue weighted by molar-refractivity contribution is -0.154. The normalized spacial score (nSPS) is 25.9.